The van der Waals surface area contributed by atoms with Crippen molar-refractivity contribution < 1.29 is 0 Å². The molecule has 0 aliphatic carbocycles. The predicted molar refractivity (Wildman–Crippen MR) is 44.9 cm³/mol. The van der Waals surface area contributed by atoms with Crippen molar-refractivity contribution in [3.05, 3.63) is 11.2 Å². The molecule has 1 atom stereocenters. The molecule has 0 bridgehead atoms. The first-order chi connectivity index (χ1) is 4.22. The SMILES string of the molecule is CN[SiH](C=CCl)N(C)C. The van der Waals surface area contributed by atoms with Crippen LogP contribution in [0.4, 0.5) is 0 Å². The minimum atomic E-state index is -1.02. The first-order valence-electron chi connectivity index (χ1n) is 2.83. The molecule has 0 aromatic carbocycles. The molecule has 9 heavy (non-hydrogen) atoms. The maximum absolute atomic E-state index is 5.41. The Bertz CT molecular complexity index is 95.0. The maximum atomic E-state index is 5.41. The molecule has 4 heteroatoms. The van der Waals surface area contributed by atoms with Crippen LogP contribution in [0.15, 0.2) is 11.2 Å². The average Bonchev–Trinajstić information content (AvgIpc) is 1.82. The van der Waals surface area contributed by atoms with Gasteiger partial charge < -0.3 is 9.55 Å². The minimum absolute atomic E-state index is 1.02. The van der Waals surface area contributed by atoms with E-state index in [-0.39, 0.29) is 0 Å². The molecule has 1 N–H and O–H groups in total. The number of halogens is 1. The molecule has 0 aromatic rings. The summed E-state index contributed by atoms with van der Waals surface area (Å²) in [5.74, 6) is 0. The second kappa shape index (κ2) is 4.99. The van der Waals surface area contributed by atoms with E-state index in [0.717, 1.165) is 0 Å². The zero-order valence-corrected chi connectivity index (χ0v) is 7.97. The number of rotatable bonds is 3. The van der Waals surface area contributed by atoms with Gasteiger partial charge in [-0.15, -0.1) is 0 Å². The first-order valence-corrected chi connectivity index (χ1v) is 5.02. The Hall–Kier alpha value is 0.167. The van der Waals surface area contributed by atoms with Crippen LogP contribution >= 0.6 is 11.6 Å². The molecule has 0 rings (SSSR count). The highest BCUT2D eigenvalue weighted by atomic mass is 35.5. The molecule has 54 valence electrons. The summed E-state index contributed by atoms with van der Waals surface area (Å²) in [7, 11) is 5.03. The van der Waals surface area contributed by atoms with Crippen molar-refractivity contribution in [1.29, 1.82) is 0 Å². The molecule has 0 amide bonds. The molecule has 0 fully saturated rings. The fourth-order valence-electron chi connectivity index (χ4n) is 0.595. The summed E-state index contributed by atoms with van der Waals surface area (Å²) in [6.07, 6.45) is 0. The lowest BCUT2D eigenvalue weighted by Gasteiger charge is -2.16. The van der Waals surface area contributed by atoms with E-state index >= 15 is 0 Å². The third kappa shape index (κ3) is 3.70. The quantitative estimate of drug-likeness (QED) is 0.603. The first kappa shape index (κ1) is 9.17. The molecule has 0 saturated heterocycles. The van der Waals surface area contributed by atoms with Crippen molar-refractivity contribution in [1.82, 2.24) is 9.55 Å². The van der Waals surface area contributed by atoms with E-state index in [0.29, 0.717) is 0 Å². The van der Waals surface area contributed by atoms with Crippen molar-refractivity contribution in [3.63, 3.8) is 0 Å². The molecule has 0 heterocycles. The van der Waals surface area contributed by atoms with Gasteiger partial charge >= 0.3 is 0 Å². The second-order valence-electron chi connectivity index (χ2n) is 2.02. The monoisotopic (exact) mass is 164 g/mol. The lowest BCUT2D eigenvalue weighted by molar-refractivity contribution is 0.634. The molecule has 0 saturated carbocycles. The smallest absolute Gasteiger partial charge is 0.213 e. The zero-order valence-electron chi connectivity index (χ0n) is 6.06. The van der Waals surface area contributed by atoms with Gasteiger partial charge in [0.15, 0.2) is 0 Å². The lowest BCUT2D eigenvalue weighted by Crippen LogP contribution is -2.42. The Balaban J connectivity index is 3.68. The van der Waals surface area contributed by atoms with Crippen LogP contribution in [0.25, 0.3) is 0 Å². The summed E-state index contributed by atoms with van der Waals surface area (Å²) in [6.45, 7) is 0. The van der Waals surface area contributed by atoms with Crippen molar-refractivity contribution in [2.75, 3.05) is 21.1 Å². The minimum Gasteiger partial charge on any atom is -0.327 e. The molecule has 2 nitrogen and oxygen atoms in total. The van der Waals surface area contributed by atoms with Crippen molar-refractivity contribution >= 4 is 20.7 Å². The Morgan fingerprint density at radius 1 is 1.56 bits per heavy atom. The van der Waals surface area contributed by atoms with Gasteiger partial charge in [-0.2, -0.15) is 0 Å². The zero-order chi connectivity index (χ0) is 7.28. The third-order valence-electron chi connectivity index (χ3n) is 1.11. The third-order valence-corrected chi connectivity index (χ3v) is 3.76. The average molecular weight is 165 g/mol. The molecular formula is C5H13ClN2Si. The van der Waals surface area contributed by atoms with Crippen LogP contribution in [-0.2, 0) is 0 Å². The molecule has 0 aliphatic heterocycles. The fourth-order valence-corrected chi connectivity index (χ4v) is 2.20. The molecule has 0 radical (unpaired) electrons. The van der Waals surface area contributed by atoms with Crippen LogP contribution in [-0.4, -0.2) is 34.8 Å². The number of hydrogen-bond acceptors (Lipinski definition) is 2. The van der Waals surface area contributed by atoms with E-state index in [2.05, 4.69) is 9.55 Å². The predicted octanol–water partition coefficient (Wildman–Crippen LogP) is 0.280. The van der Waals surface area contributed by atoms with Crippen LogP contribution in [0.5, 0.6) is 0 Å². The van der Waals surface area contributed by atoms with E-state index in [9.17, 15) is 0 Å². The van der Waals surface area contributed by atoms with Crippen LogP contribution in [0.2, 0.25) is 0 Å². The number of nitrogens with one attached hydrogen (secondary N) is 1. The van der Waals surface area contributed by atoms with E-state index in [4.69, 9.17) is 11.6 Å². The van der Waals surface area contributed by atoms with Crippen molar-refractivity contribution in [3.8, 4) is 0 Å². The summed E-state index contributed by atoms with van der Waals surface area (Å²) in [4.78, 5) is 3.20. The largest absolute Gasteiger partial charge is 0.327 e. The van der Waals surface area contributed by atoms with Gasteiger partial charge in [-0.3, -0.25) is 0 Å². The highest BCUT2D eigenvalue weighted by Gasteiger charge is 2.04. The van der Waals surface area contributed by atoms with E-state index < -0.39 is 9.12 Å². The van der Waals surface area contributed by atoms with Crippen LogP contribution in [0, 0.1) is 0 Å². The summed E-state index contributed by atoms with van der Waals surface area (Å²) in [5, 5.41) is 0. The van der Waals surface area contributed by atoms with Gasteiger partial charge in [0.2, 0.25) is 9.12 Å². The molecule has 1 unspecified atom stereocenters. The summed E-state index contributed by atoms with van der Waals surface area (Å²) < 4.78 is 2.17. The normalized spacial score (nSPS) is 15.2. The number of hydrogen-bond donors (Lipinski definition) is 1. The Morgan fingerprint density at radius 3 is 2.22 bits per heavy atom. The Kier molecular flexibility index (Phi) is 5.08. The van der Waals surface area contributed by atoms with Crippen molar-refractivity contribution in [2.45, 2.75) is 0 Å². The topological polar surface area (TPSA) is 15.3 Å². The van der Waals surface area contributed by atoms with Crippen molar-refractivity contribution in [2.24, 2.45) is 0 Å². The molecule has 0 spiro atoms. The van der Waals surface area contributed by atoms with Gasteiger partial charge in [0.25, 0.3) is 0 Å². The summed E-state index contributed by atoms with van der Waals surface area (Å²) >= 11 is 5.41. The Labute approximate surface area is 63.3 Å². The highest BCUT2D eigenvalue weighted by Crippen LogP contribution is 1.86. The van der Waals surface area contributed by atoms with Crippen LogP contribution in [0.1, 0.15) is 0 Å². The summed E-state index contributed by atoms with van der Waals surface area (Å²) in [6, 6.07) is 0. The van der Waals surface area contributed by atoms with Crippen LogP contribution in [0.3, 0.4) is 0 Å². The molecule has 0 aromatic heterocycles. The van der Waals surface area contributed by atoms with Gasteiger partial charge in [0.1, 0.15) is 0 Å². The summed E-state index contributed by atoms with van der Waals surface area (Å²) in [5.41, 5.74) is 3.59. The second-order valence-corrected chi connectivity index (χ2v) is 5.15. The lowest BCUT2D eigenvalue weighted by atomic mass is 11.2. The fraction of sp³-hybridized carbons (Fsp3) is 0.600. The van der Waals surface area contributed by atoms with Gasteiger partial charge in [-0.25, -0.2) is 0 Å². The molecule has 0 aliphatic rings. The highest BCUT2D eigenvalue weighted by molar-refractivity contribution is 6.59. The van der Waals surface area contributed by atoms with Gasteiger partial charge in [-0.05, 0) is 26.7 Å². The van der Waals surface area contributed by atoms with E-state index in [1.165, 1.54) is 0 Å². The molecular weight excluding hydrogens is 152 g/mol. The van der Waals surface area contributed by atoms with Gasteiger partial charge in [0, 0.05) is 0 Å². The van der Waals surface area contributed by atoms with E-state index in [1.807, 2.05) is 26.8 Å². The van der Waals surface area contributed by atoms with Crippen LogP contribution < -0.4 is 4.98 Å². The van der Waals surface area contributed by atoms with E-state index in [1.54, 1.807) is 5.54 Å². The Morgan fingerprint density at radius 2 is 2.11 bits per heavy atom. The number of nitrogens with zero attached hydrogens (tertiary/aromatic N) is 1. The van der Waals surface area contributed by atoms with Gasteiger partial charge in [0.05, 0.1) is 0 Å². The van der Waals surface area contributed by atoms with Gasteiger partial charge in [-0.1, -0.05) is 17.3 Å². The maximum Gasteiger partial charge on any atom is 0.213 e. The standard InChI is InChI=1S/C5H13ClN2Si/c1-7-9(5-4-6)8(2)3/h4-5,7,9H,1-3H3.